The van der Waals surface area contributed by atoms with Crippen molar-refractivity contribution in [1.29, 1.82) is 0 Å². The predicted octanol–water partition coefficient (Wildman–Crippen LogP) is 2.99. The zero-order valence-corrected chi connectivity index (χ0v) is 7.75. The fourth-order valence-electron chi connectivity index (χ4n) is 1.81. The molecule has 0 aromatic heterocycles. The summed E-state index contributed by atoms with van der Waals surface area (Å²) in [6.07, 6.45) is 10.8. The van der Waals surface area contributed by atoms with Gasteiger partial charge in [-0.25, -0.2) is 0 Å². The summed E-state index contributed by atoms with van der Waals surface area (Å²) < 4.78 is 0. The van der Waals surface area contributed by atoms with Crippen molar-refractivity contribution in [3.63, 3.8) is 0 Å². The second-order valence-corrected chi connectivity index (χ2v) is 3.67. The summed E-state index contributed by atoms with van der Waals surface area (Å²) in [7, 11) is 0. The second-order valence-electron chi connectivity index (χ2n) is 3.67. The summed E-state index contributed by atoms with van der Waals surface area (Å²) in [5, 5.41) is 0. The lowest BCUT2D eigenvalue weighted by Crippen LogP contribution is -2.21. The van der Waals surface area contributed by atoms with E-state index in [1.54, 1.807) is 0 Å². The average molecular weight is 168 g/mol. The smallest absolute Gasteiger partial charge is 0.0572 e. The van der Waals surface area contributed by atoms with E-state index in [1.807, 2.05) is 12.1 Å². The molecule has 64 valence electrons. The highest BCUT2D eigenvalue weighted by Gasteiger charge is 2.26. The molecule has 1 atom stereocenters. The van der Waals surface area contributed by atoms with Gasteiger partial charge in [-0.1, -0.05) is 42.3 Å². The minimum atomic E-state index is -0.106. The standard InChI is InChI=1S/C13H12/c1-3-13(2)10-6-8-11-7-4-5-9-12(11)13/h1,4-9H,10H2,2H3. The zero-order valence-electron chi connectivity index (χ0n) is 7.75. The maximum atomic E-state index is 5.57. The van der Waals surface area contributed by atoms with Gasteiger partial charge < -0.3 is 0 Å². The van der Waals surface area contributed by atoms with Crippen LogP contribution in [-0.4, -0.2) is 0 Å². The highest BCUT2D eigenvalue weighted by molar-refractivity contribution is 5.61. The number of benzene rings is 1. The third-order valence-corrected chi connectivity index (χ3v) is 2.70. The molecule has 1 aliphatic carbocycles. The van der Waals surface area contributed by atoms with Gasteiger partial charge in [0.1, 0.15) is 0 Å². The Balaban J connectivity index is 2.64. The van der Waals surface area contributed by atoms with Crippen molar-refractivity contribution in [1.82, 2.24) is 0 Å². The molecule has 1 aromatic rings. The minimum Gasteiger partial charge on any atom is -0.119 e. The van der Waals surface area contributed by atoms with E-state index < -0.39 is 0 Å². The van der Waals surface area contributed by atoms with Gasteiger partial charge in [0.05, 0.1) is 5.41 Å². The second kappa shape index (κ2) is 2.78. The van der Waals surface area contributed by atoms with E-state index in [4.69, 9.17) is 6.42 Å². The molecule has 1 aromatic carbocycles. The third kappa shape index (κ3) is 1.17. The van der Waals surface area contributed by atoms with E-state index in [2.05, 4.69) is 37.1 Å². The lowest BCUT2D eigenvalue weighted by molar-refractivity contribution is 0.624. The summed E-state index contributed by atoms with van der Waals surface area (Å²) in [5.41, 5.74) is 2.43. The summed E-state index contributed by atoms with van der Waals surface area (Å²) in [4.78, 5) is 0. The van der Waals surface area contributed by atoms with E-state index in [0.717, 1.165) is 6.42 Å². The van der Waals surface area contributed by atoms with Gasteiger partial charge in [-0.15, -0.1) is 6.42 Å². The maximum Gasteiger partial charge on any atom is 0.0572 e. The van der Waals surface area contributed by atoms with Crippen molar-refractivity contribution in [2.24, 2.45) is 0 Å². The van der Waals surface area contributed by atoms with Crippen molar-refractivity contribution in [3.8, 4) is 12.3 Å². The van der Waals surface area contributed by atoms with Crippen LogP contribution in [0.1, 0.15) is 24.5 Å². The van der Waals surface area contributed by atoms with Crippen LogP contribution in [0.15, 0.2) is 30.3 Å². The van der Waals surface area contributed by atoms with Gasteiger partial charge >= 0.3 is 0 Å². The molecule has 0 fully saturated rings. The molecule has 0 amide bonds. The lowest BCUT2D eigenvalue weighted by atomic mass is 9.75. The molecule has 0 heteroatoms. The Labute approximate surface area is 79.3 Å². The van der Waals surface area contributed by atoms with Gasteiger partial charge in [-0.2, -0.15) is 0 Å². The monoisotopic (exact) mass is 168 g/mol. The molecule has 0 bridgehead atoms. The predicted molar refractivity (Wildman–Crippen MR) is 56.3 cm³/mol. The SMILES string of the molecule is C#CC1(C)CC=Cc2ccccc21. The van der Waals surface area contributed by atoms with E-state index in [0.29, 0.717) is 0 Å². The normalized spacial score (nSPS) is 24.9. The van der Waals surface area contributed by atoms with Crippen molar-refractivity contribution in [2.45, 2.75) is 18.8 Å². The summed E-state index contributed by atoms with van der Waals surface area (Å²) >= 11 is 0. The van der Waals surface area contributed by atoms with Gasteiger partial charge in [-0.3, -0.25) is 0 Å². The minimum absolute atomic E-state index is 0.106. The topological polar surface area (TPSA) is 0 Å². The molecule has 1 unspecified atom stereocenters. The molecule has 0 saturated carbocycles. The van der Waals surface area contributed by atoms with Crippen LogP contribution in [0.2, 0.25) is 0 Å². The highest BCUT2D eigenvalue weighted by Crippen LogP contribution is 2.34. The Morgan fingerprint density at radius 1 is 1.38 bits per heavy atom. The van der Waals surface area contributed by atoms with Crippen molar-refractivity contribution >= 4 is 6.08 Å². The number of fused-ring (bicyclic) bond motifs is 1. The van der Waals surface area contributed by atoms with E-state index >= 15 is 0 Å². The summed E-state index contributed by atoms with van der Waals surface area (Å²) in [6.45, 7) is 2.12. The molecule has 0 heterocycles. The summed E-state index contributed by atoms with van der Waals surface area (Å²) in [6, 6.07) is 8.33. The quantitative estimate of drug-likeness (QED) is 0.522. The first-order valence-electron chi connectivity index (χ1n) is 4.50. The first-order valence-corrected chi connectivity index (χ1v) is 4.50. The van der Waals surface area contributed by atoms with Crippen molar-refractivity contribution in [3.05, 3.63) is 41.5 Å². The van der Waals surface area contributed by atoms with Gasteiger partial charge in [0, 0.05) is 0 Å². The van der Waals surface area contributed by atoms with Gasteiger partial charge in [-0.05, 0) is 24.5 Å². The molecule has 0 aliphatic heterocycles. The van der Waals surface area contributed by atoms with E-state index in [1.165, 1.54) is 11.1 Å². The molecule has 0 radical (unpaired) electrons. The largest absolute Gasteiger partial charge is 0.119 e. The highest BCUT2D eigenvalue weighted by atomic mass is 14.3. The fourth-order valence-corrected chi connectivity index (χ4v) is 1.81. The van der Waals surface area contributed by atoms with Crippen LogP contribution in [0.25, 0.3) is 6.08 Å². The third-order valence-electron chi connectivity index (χ3n) is 2.70. The van der Waals surface area contributed by atoms with E-state index in [-0.39, 0.29) is 5.41 Å². The number of terminal acetylenes is 1. The number of allylic oxidation sites excluding steroid dienone is 1. The van der Waals surface area contributed by atoms with Crippen LogP contribution >= 0.6 is 0 Å². The Kier molecular flexibility index (Phi) is 1.74. The molecule has 0 spiro atoms. The Morgan fingerprint density at radius 3 is 2.92 bits per heavy atom. The Hall–Kier alpha value is -1.48. The first kappa shape index (κ1) is 8.13. The fraction of sp³-hybridized carbons (Fsp3) is 0.231. The van der Waals surface area contributed by atoms with Gasteiger partial charge in [0.15, 0.2) is 0 Å². The Bertz CT molecular complexity index is 393. The van der Waals surface area contributed by atoms with Crippen molar-refractivity contribution < 1.29 is 0 Å². The average Bonchev–Trinajstić information content (AvgIpc) is 2.19. The van der Waals surface area contributed by atoms with Crippen LogP contribution in [-0.2, 0) is 5.41 Å². The number of hydrogen-bond donors (Lipinski definition) is 0. The molecule has 13 heavy (non-hydrogen) atoms. The molecule has 0 nitrogen and oxygen atoms in total. The van der Waals surface area contributed by atoms with Crippen LogP contribution in [0, 0.1) is 12.3 Å². The molecule has 0 saturated heterocycles. The molecule has 0 N–H and O–H groups in total. The molecular weight excluding hydrogens is 156 g/mol. The molecule has 1 aliphatic rings. The number of hydrogen-bond acceptors (Lipinski definition) is 0. The van der Waals surface area contributed by atoms with Crippen molar-refractivity contribution in [2.75, 3.05) is 0 Å². The van der Waals surface area contributed by atoms with Crippen LogP contribution in [0.4, 0.5) is 0 Å². The van der Waals surface area contributed by atoms with E-state index in [9.17, 15) is 0 Å². The van der Waals surface area contributed by atoms with Gasteiger partial charge in [0.25, 0.3) is 0 Å². The first-order chi connectivity index (χ1) is 6.26. The number of rotatable bonds is 0. The van der Waals surface area contributed by atoms with Gasteiger partial charge in [0.2, 0.25) is 0 Å². The zero-order chi connectivity index (χ0) is 9.31. The Morgan fingerprint density at radius 2 is 2.15 bits per heavy atom. The lowest BCUT2D eigenvalue weighted by Gasteiger charge is -2.27. The van der Waals surface area contributed by atoms with Crippen LogP contribution in [0.3, 0.4) is 0 Å². The summed E-state index contributed by atoms with van der Waals surface area (Å²) in [5.74, 6) is 2.89. The van der Waals surface area contributed by atoms with Crippen LogP contribution < -0.4 is 0 Å². The molecular formula is C13H12. The molecule has 2 rings (SSSR count). The van der Waals surface area contributed by atoms with Crippen LogP contribution in [0.5, 0.6) is 0 Å². The maximum absolute atomic E-state index is 5.57.